The van der Waals surface area contributed by atoms with Gasteiger partial charge in [-0.15, -0.1) is 11.8 Å². The summed E-state index contributed by atoms with van der Waals surface area (Å²) in [6.07, 6.45) is 8.82. The largest absolute Gasteiger partial charge is 0.107 e. The molecule has 1 atom stereocenters. The third-order valence-corrected chi connectivity index (χ3v) is 5.77. The van der Waals surface area contributed by atoms with Crippen LogP contribution in [0.25, 0.3) is 0 Å². The molecule has 0 aromatic heterocycles. The zero-order valence-electron chi connectivity index (χ0n) is 22.0. The summed E-state index contributed by atoms with van der Waals surface area (Å²) in [5, 5.41) is 0. The first kappa shape index (κ1) is 28.7. The molecular weight excluding hydrogens is 408 g/mol. The Morgan fingerprint density at radius 3 is 1.35 bits per heavy atom. The Morgan fingerprint density at radius 1 is 0.647 bits per heavy atom. The van der Waals surface area contributed by atoms with Crippen LogP contribution in [0.5, 0.6) is 0 Å². The summed E-state index contributed by atoms with van der Waals surface area (Å²) < 4.78 is 0. The Balaban J connectivity index is 0.000000294. The predicted octanol–water partition coefficient (Wildman–Crippen LogP) is 9.96. The van der Waals surface area contributed by atoms with Crippen molar-refractivity contribution in [3.05, 3.63) is 131 Å². The van der Waals surface area contributed by atoms with Crippen LogP contribution in [0.2, 0.25) is 0 Å². The van der Waals surface area contributed by atoms with Gasteiger partial charge in [-0.2, -0.15) is 0 Å². The average molecular weight is 451 g/mol. The van der Waals surface area contributed by atoms with Crippen molar-refractivity contribution in [1.82, 2.24) is 0 Å². The predicted molar refractivity (Wildman–Crippen MR) is 152 cm³/mol. The van der Waals surface area contributed by atoms with E-state index in [1.54, 1.807) is 0 Å². The molecule has 0 spiro atoms. The van der Waals surface area contributed by atoms with Crippen molar-refractivity contribution in [2.24, 2.45) is 0 Å². The van der Waals surface area contributed by atoms with E-state index in [9.17, 15) is 0 Å². The summed E-state index contributed by atoms with van der Waals surface area (Å²) in [7, 11) is 0. The maximum Gasteiger partial charge on any atom is 0.00867 e. The van der Waals surface area contributed by atoms with E-state index in [-0.39, 0.29) is 0 Å². The first-order chi connectivity index (χ1) is 16.7. The van der Waals surface area contributed by atoms with Gasteiger partial charge in [0.2, 0.25) is 0 Å². The van der Waals surface area contributed by atoms with E-state index < -0.39 is 0 Å². The highest BCUT2D eigenvalue weighted by Crippen LogP contribution is 2.28. The summed E-state index contributed by atoms with van der Waals surface area (Å²) in [6.45, 7) is 12.3. The summed E-state index contributed by atoms with van der Waals surface area (Å²) in [4.78, 5) is 0. The van der Waals surface area contributed by atoms with Gasteiger partial charge in [-0.3, -0.25) is 0 Å². The van der Waals surface area contributed by atoms with Gasteiger partial charge in [-0.25, -0.2) is 0 Å². The first-order valence-electron chi connectivity index (χ1n) is 12.4. The molecule has 3 aromatic rings. The van der Waals surface area contributed by atoms with Crippen LogP contribution in [0.4, 0.5) is 0 Å². The smallest absolute Gasteiger partial charge is 0.00867 e. The number of benzene rings is 3. The van der Waals surface area contributed by atoms with E-state index in [1.165, 1.54) is 22.3 Å². The number of allylic oxidation sites excluding steroid dienone is 4. The van der Waals surface area contributed by atoms with Crippen LogP contribution >= 0.6 is 0 Å². The van der Waals surface area contributed by atoms with Crippen molar-refractivity contribution < 1.29 is 0 Å². The maximum absolute atomic E-state index is 2.68. The van der Waals surface area contributed by atoms with Crippen molar-refractivity contribution in [3.8, 4) is 11.8 Å². The molecule has 0 aliphatic carbocycles. The van der Waals surface area contributed by atoms with Crippen molar-refractivity contribution >= 4 is 0 Å². The van der Waals surface area contributed by atoms with Gasteiger partial charge in [0.15, 0.2) is 0 Å². The van der Waals surface area contributed by atoms with Gasteiger partial charge < -0.3 is 0 Å². The zero-order valence-corrected chi connectivity index (χ0v) is 22.0. The molecule has 3 aromatic carbocycles. The van der Waals surface area contributed by atoms with E-state index in [0.717, 1.165) is 12.8 Å². The average Bonchev–Trinajstić information content (AvgIpc) is 2.91. The molecule has 0 radical (unpaired) electrons. The lowest BCUT2D eigenvalue weighted by Gasteiger charge is -2.16. The lowest BCUT2D eigenvalue weighted by atomic mass is 9.88. The highest BCUT2D eigenvalue weighted by molar-refractivity contribution is 5.34. The van der Waals surface area contributed by atoms with Crippen molar-refractivity contribution in [1.29, 1.82) is 0 Å². The fourth-order valence-electron chi connectivity index (χ4n) is 3.99. The molecule has 0 aliphatic rings. The molecule has 0 nitrogen and oxygen atoms in total. The van der Waals surface area contributed by atoms with Gasteiger partial charge >= 0.3 is 0 Å². The lowest BCUT2D eigenvalue weighted by molar-refractivity contribution is 0.774. The normalized spacial score (nSPS) is 11.4. The van der Waals surface area contributed by atoms with Crippen LogP contribution in [0.1, 0.15) is 82.9 Å². The molecule has 34 heavy (non-hydrogen) atoms. The van der Waals surface area contributed by atoms with Gasteiger partial charge in [-0.1, -0.05) is 123 Å². The highest BCUT2D eigenvalue weighted by Gasteiger charge is 2.11. The van der Waals surface area contributed by atoms with Crippen molar-refractivity contribution in [2.45, 2.75) is 66.2 Å². The fourth-order valence-corrected chi connectivity index (χ4v) is 3.99. The van der Waals surface area contributed by atoms with Crippen LogP contribution in [-0.4, -0.2) is 0 Å². The molecule has 0 saturated heterocycles. The van der Waals surface area contributed by atoms with E-state index in [0.29, 0.717) is 11.8 Å². The summed E-state index contributed by atoms with van der Waals surface area (Å²) >= 11 is 0. The van der Waals surface area contributed by atoms with Gasteiger partial charge in [-0.05, 0) is 62.8 Å². The molecule has 0 fully saturated rings. The van der Waals surface area contributed by atoms with Crippen LogP contribution in [0.3, 0.4) is 0 Å². The molecular formula is C34H42. The second-order valence-corrected chi connectivity index (χ2v) is 7.94. The molecule has 0 heteroatoms. The van der Waals surface area contributed by atoms with Crippen LogP contribution in [0.15, 0.2) is 115 Å². The molecule has 0 amide bonds. The third-order valence-electron chi connectivity index (χ3n) is 5.77. The van der Waals surface area contributed by atoms with Gasteiger partial charge in [0.05, 0.1) is 0 Å². The number of rotatable bonds is 7. The minimum Gasteiger partial charge on any atom is -0.107 e. The molecule has 178 valence electrons. The number of hydrogen-bond acceptors (Lipinski definition) is 0. The standard InChI is InChI=1S/C15H16.C15H20.C4H6/c1-2-15(13-9-5-3-6-10-13)14-11-7-4-8-12-14;1-4-10-13(5-2)15(6-3)14-11-8-7-9-12-14;1-3-4-2/h3-12,15H,2H2,1H3;4-5,7-12,15H,6H2,1-3H3;1-2H3/b;10-4-,13-5+;. The minimum absolute atomic E-state index is 0.535. The third kappa shape index (κ3) is 10.1. The minimum atomic E-state index is 0.535. The maximum atomic E-state index is 2.68. The fraction of sp³-hybridized carbons (Fsp3) is 0.294. The van der Waals surface area contributed by atoms with E-state index >= 15 is 0 Å². The van der Waals surface area contributed by atoms with Crippen molar-refractivity contribution in [3.63, 3.8) is 0 Å². The van der Waals surface area contributed by atoms with Gasteiger partial charge in [0, 0.05) is 11.8 Å². The molecule has 0 heterocycles. The van der Waals surface area contributed by atoms with E-state index in [1.807, 2.05) is 13.8 Å². The second-order valence-electron chi connectivity index (χ2n) is 7.94. The van der Waals surface area contributed by atoms with Crippen LogP contribution in [-0.2, 0) is 0 Å². The SMILES string of the molecule is C/C=C\C(=C/C)C(CC)c1ccccc1.CC#CC.CCC(c1ccccc1)c1ccccc1. The molecule has 1 unspecified atom stereocenters. The van der Waals surface area contributed by atoms with Crippen LogP contribution in [0, 0.1) is 11.8 Å². The molecule has 0 bridgehead atoms. The second kappa shape index (κ2) is 18.2. The molecule has 0 N–H and O–H groups in total. The number of hydrogen-bond donors (Lipinski definition) is 0. The topological polar surface area (TPSA) is 0 Å². The van der Waals surface area contributed by atoms with Gasteiger partial charge in [0.25, 0.3) is 0 Å². The Hall–Kier alpha value is -3.30. The molecule has 3 rings (SSSR count). The zero-order chi connectivity index (χ0) is 25.0. The summed E-state index contributed by atoms with van der Waals surface area (Å²) in [5.74, 6) is 6.43. The molecule has 0 saturated carbocycles. The van der Waals surface area contributed by atoms with E-state index in [4.69, 9.17) is 0 Å². The first-order valence-corrected chi connectivity index (χ1v) is 12.4. The summed E-state index contributed by atoms with van der Waals surface area (Å²) in [6, 6.07) is 32.1. The quantitative estimate of drug-likeness (QED) is 0.248. The Bertz CT molecular complexity index is 954. The lowest BCUT2D eigenvalue weighted by Crippen LogP contribution is -1.99. The highest BCUT2D eigenvalue weighted by atomic mass is 14.2. The Morgan fingerprint density at radius 2 is 1.06 bits per heavy atom. The summed E-state index contributed by atoms with van der Waals surface area (Å²) in [5.41, 5.74) is 5.63. The Kier molecular flexibility index (Phi) is 15.3. The van der Waals surface area contributed by atoms with Crippen LogP contribution < -0.4 is 0 Å². The van der Waals surface area contributed by atoms with Crippen molar-refractivity contribution in [2.75, 3.05) is 0 Å². The van der Waals surface area contributed by atoms with Gasteiger partial charge in [0.1, 0.15) is 0 Å². The Labute approximate surface area is 209 Å². The molecule has 0 aliphatic heterocycles. The van der Waals surface area contributed by atoms with E-state index in [2.05, 4.69) is 149 Å². The monoisotopic (exact) mass is 450 g/mol.